The summed E-state index contributed by atoms with van der Waals surface area (Å²) in [5.74, 6) is -2.01. The van der Waals surface area contributed by atoms with Crippen LogP contribution < -0.4 is 0 Å². The molecule has 7 rings (SSSR count). The maximum atomic E-state index is 13.6. The van der Waals surface area contributed by atoms with Crippen molar-refractivity contribution in [2.75, 3.05) is 0 Å². The Morgan fingerprint density at radius 1 is 0.857 bits per heavy atom. The van der Waals surface area contributed by atoms with Crippen LogP contribution in [0.2, 0.25) is 5.02 Å². The zero-order valence-corrected chi connectivity index (χ0v) is 23.4. The second-order valence-electron chi connectivity index (χ2n) is 10.4. The summed E-state index contributed by atoms with van der Waals surface area (Å²) in [6.07, 6.45) is 3.41. The van der Waals surface area contributed by atoms with E-state index in [4.69, 9.17) is 16.7 Å². The number of hydrogen-bond donors (Lipinski definition) is 1. The lowest BCUT2D eigenvalue weighted by Crippen LogP contribution is -2.35. The lowest BCUT2D eigenvalue weighted by Gasteiger charge is -2.28. The van der Waals surface area contributed by atoms with Crippen LogP contribution in [0.1, 0.15) is 44.7 Å². The molecule has 0 fully saturated rings. The van der Waals surface area contributed by atoms with Crippen molar-refractivity contribution in [2.45, 2.75) is 19.3 Å². The van der Waals surface area contributed by atoms with Gasteiger partial charge in [0, 0.05) is 28.1 Å². The molecule has 1 aromatic heterocycles. The number of carbonyl (C=O) groups excluding carboxylic acids is 2. The van der Waals surface area contributed by atoms with Crippen molar-refractivity contribution in [3.05, 3.63) is 131 Å². The van der Waals surface area contributed by atoms with Crippen LogP contribution in [0.5, 0.6) is 0 Å². The predicted molar refractivity (Wildman–Crippen MR) is 164 cm³/mol. The Labute approximate surface area is 246 Å². The summed E-state index contributed by atoms with van der Waals surface area (Å²) in [7, 11) is 0. The van der Waals surface area contributed by atoms with Crippen molar-refractivity contribution in [1.29, 1.82) is 0 Å². The number of carboxylic acid groups (broad SMARTS) is 1. The molecule has 42 heavy (non-hydrogen) atoms. The third-order valence-electron chi connectivity index (χ3n) is 7.84. The third-order valence-corrected chi connectivity index (χ3v) is 8.07. The number of Topliss-reactive ketones (excluding diaryl/α,β-unsaturated/α-hetero) is 2. The van der Waals surface area contributed by atoms with Gasteiger partial charge < -0.3 is 5.11 Å². The highest BCUT2D eigenvalue weighted by Gasteiger charge is 2.39. The molecule has 0 bridgehead atoms. The number of nitrogens with zero attached hydrogens (tertiary/aromatic N) is 2. The molecule has 1 N–H and O–H groups in total. The van der Waals surface area contributed by atoms with Gasteiger partial charge >= 0.3 is 5.97 Å². The van der Waals surface area contributed by atoms with E-state index in [1.54, 1.807) is 24.4 Å². The minimum absolute atomic E-state index is 0.0115. The van der Waals surface area contributed by atoms with Gasteiger partial charge in [0.1, 0.15) is 6.33 Å². The van der Waals surface area contributed by atoms with Gasteiger partial charge in [-0.15, -0.1) is 0 Å². The normalized spacial score (nSPS) is 16.2. The average Bonchev–Trinajstić information content (AvgIpc) is 3.01. The van der Waals surface area contributed by atoms with E-state index in [2.05, 4.69) is 28.2 Å². The van der Waals surface area contributed by atoms with E-state index >= 15 is 0 Å². The average molecular weight is 573 g/mol. The molecule has 1 heterocycles. The first-order valence-corrected chi connectivity index (χ1v) is 13.9. The van der Waals surface area contributed by atoms with Crippen molar-refractivity contribution in [1.82, 2.24) is 9.97 Å². The summed E-state index contributed by atoms with van der Waals surface area (Å²) in [6, 6.07) is 28.4. The van der Waals surface area contributed by atoms with E-state index in [0.717, 1.165) is 43.6 Å². The summed E-state index contributed by atoms with van der Waals surface area (Å²) in [5.41, 5.74) is 3.45. The molecule has 0 radical (unpaired) electrons. The molecule has 6 aromatic rings. The van der Waals surface area contributed by atoms with Gasteiger partial charge in [-0.05, 0) is 69.4 Å². The first-order chi connectivity index (χ1) is 20.3. The summed E-state index contributed by atoms with van der Waals surface area (Å²) < 4.78 is 0. The van der Waals surface area contributed by atoms with E-state index in [-0.39, 0.29) is 23.0 Å². The quantitative estimate of drug-likeness (QED) is 0.172. The summed E-state index contributed by atoms with van der Waals surface area (Å²) in [4.78, 5) is 45.0. The van der Waals surface area contributed by atoms with Crippen LogP contribution in [0.15, 0.2) is 104 Å². The Bertz CT molecular complexity index is 2040. The molecule has 1 aliphatic rings. The Hall–Kier alpha value is -4.94. The zero-order chi connectivity index (χ0) is 29.4. The Kier molecular flexibility index (Phi) is 7.23. The van der Waals surface area contributed by atoms with Gasteiger partial charge in [-0.25, -0.2) is 14.8 Å². The lowest BCUT2D eigenvalue weighted by atomic mass is 9.72. The number of aromatic carboxylic acids is 1. The molecule has 5 aromatic carbocycles. The molecule has 1 aliphatic carbocycles. The van der Waals surface area contributed by atoms with Crippen LogP contribution in [0, 0.1) is 5.92 Å². The molecule has 7 heteroatoms. The van der Waals surface area contributed by atoms with E-state index < -0.39 is 11.9 Å². The van der Waals surface area contributed by atoms with Gasteiger partial charge in [-0.3, -0.25) is 9.59 Å². The lowest BCUT2D eigenvalue weighted by molar-refractivity contribution is -0.122. The Balaban J connectivity index is 0.000000203. The minimum atomic E-state index is -0.939. The monoisotopic (exact) mass is 572 g/mol. The van der Waals surface area contributed by atoms with Gasteiger partial charge in [-0.2, -0.15) is 0 Å². The van der Waals surface area contributed by atoms with Crippen molar-refractivity contribution in [3.8, 4) is 0 Å². The summed E-state index contributed by atoms with van der Waals surface area (Å²) >= 11 is 6.11. The van der Waals surface area contributed by atoms with Gasteiger partial charge in [-0.1, -0.05) is 79.2 Å². The first-order valence-electron chi connectivity index (χ1n) is 13.5. The second-order valence-corrected chi connectivity index (χ2v) is 10.8. The molecule has 0 saturated carbocycles. The number of ketones is 2. The molecule has 0 saturated heterocycles. The Morgan fingerprint density at radius 2 is 1.67 bits per heavy atom. The standard InChI is InChI=1S/C26H19ClO2.C9H6N2O2/c1-15-19-11-12-21-20-8-3-2-6-17(20)9-10-22(21)24(19)26(29)23(25(15)28)14-16-5-4-7-18(27)13-16;12-9(13)6-1-2-8-7(3-6)4-10-5-11-8/h2-13,15,23H,14H2,1H3;1-5H,(H,12,13). The topological polar surface area (TPSA) is 97.2 Å². The maximum absolute atomic E-state index is 13.6. The number of aromatic nitrogens is 2. The van der Waals surface area contributed by atoms with Gasteiger partial charge in [0.05, 0.1) is 17.0 Å². The van der Waals surface area contributed by atoms with Crippen molar-refractivity contribution < 1.29 is 19.5 Å². The second kappa shape index (κ2) is 11.1. The number of carbonyl (C=O) groups is 3. The fourth-order valence-electron chi connectivity index (χ4n) is 5.71. The van der Waals surface area contributed by atoms with Crippen LogP contribution in [0.4, 0.5) is 0 Å². The van der Waals surface area contributed by atoms with Crippen LogP contribution in [-0.2, 0) is 11.2 Å². The van der Waals surface area contributed by atoms with Crippen LogP contribution in [0.25, 0.3) is 32.4 Å². The van der Waals surface area contributed by atoms with Gasteiger partial charge in [0.25, 0.3) is 0 Å². The van der Waals surface area contributed by atoms with Crippen molar-refractivity contribution >= 4 is 61.6 Å². The molecule has 2 atom stereocenters. The highest BCUT2D eigenvalue weighted by atomic mass is 35.5. The SMILES string of the molecule is CC1C(=O)C(Cc2cccc(Cl)c2)C(=O)c2c1ccc1c2ccc2ccccc21.O=C(O)c1ccc2ncncc2c1. The smallest absolute Gasteiger partial charge is 0.335 e. The molecule has 0 amide bonds. The predicted octanol–water partition coefficient (Wildman–Crippen LogP) is 7.70. The Morgan fingerprint density at radius 3 is 2.48 bits per heavy atom. The highest BCUT2D eigenvalue weighted by molar-refractivity contribution is 6.30. The molecular formula is C35H25ClN2O4. The number of fused-ring (bicyclic) bond motifs is 6. The molecule has 0 spiro atoms. The van der Waals surface area contributed by atoms with Crippen molar-refractivity contribution in [3.63, 3.8) is 0 Å². The van der Waals surface area contributed by atoms with Crippen LogP contribution in [-0.4, -0.2) is 32.6 Å². The summed E-state index contributed by atoms with van der Waals surface area (Å²) in [5, 5.41) is 14.3. The number of halogens is 1. The fourth-order valence-corrected chi connectivity index (χ4v) is 5.92. The van der Waals surface area contributed by atoms with Crippen LogP contribution in [0.3, 0.4) is 0 Å². The fraction of sp³-hybridized carbons (Fsp3) is 0.114. The molecule has 6 nitrogen and oxygen atoms in total. The van der Waals surface area contributed by atoms with Gasteiger partial charge in [0.2, 0.25) is 0 Å². The molecule has 2 unspecified atom stereocenters. The van der Waals surface area contributed by atoms with Gasteiger partial charge in [0.15, 0.2) is 11.6 Å². The largest absolute Gasteiger partial charge is 0.478 e. The van der Waals surface area contributed by atoms with Crippen LogP contribution >= 0.6 is 11.6 Å². The van der Waals surface area contributed by atoms with E-state index in [1.807, 2.05) is 55.5 Å². The minimum Gasteiger partial charge on any atom is -0.478 e. The van der Waals surface area contributed by atoms with E-state index in [9.17, 15) is 14.4 Å². The van der Waals surface area contributed by atoms with E-state index in [1.165, 1.54) is 12.4 Å². The zero-order valence-electron chi connectivity index (χ0n) is 22.6. The number of carboxylic acids is 1. The summed E-state index contributed by atoms with van der Waals surface area (Å²) in [6.45, 7) is 1.91. The maximum Gasteiger partial charge on any atom is 0.335 e. The number of hydrogen-bond acceptors (Lipinski definition) is 5. The number of rotatable bonds is 3. The first kappa shape index (κ1) is 27.2. The highest BCUT2D eigenvalue weighted by Crippen LogP contribution is 2.39. The third kappa shape index (κ3) is 5.01. The van der Waals surface area contributed by atoms with Crippen molar-refractivity contribution in [2.24, 2.45) is 5.92 Å². The molecule has 0 aliphatic heterocycles. The number of benzene rings is 5. The molecular weight excluding hydrogens is 548 g/mol. The molecule has 206 valence electrons. The van der Waals surface area contributed by atoms with E-state index in [0.29, 0.717) is 17.0 Å².